The molecule has 0 aromatic rings. The number of fused-ring (bicyclic) bond motifs is 1. The van der Waals surface area contributed by atoms with Crippen molar-refractivity contribution in [2.24, 2.45) is 4.99 Å². The molecule has 0 spiro atoms. The van der Waals surface area contributed by atoms with Crippen molar-refractivity contribution >= 4 is 16.8 Å². The van der Waals surface area contributed by atoms with E-state index in [1.54, 1.807) is 11.8 Å². The van der Waals surface area contributed by atoms with Crippen LogP contribution >= 0.6 is 11.8 Å². The van der Waals surface area contributed by atoms with Gasteiger partial charge in [-0.3, -0.25) is 4.99 Å². The van der Waals surface area contributed by atoms with Crippen molar-refractivity contribution in [1.29, 1.82) is 5.26 Å². The molecule has 0 aromatic heterocycles. The Labute approximate surface area is 70.7 Å². The van der Waals surface area contributed by atoms with E-state index in [-0.39, 0.29) is 0 Å². The number of hydrogen-bond acceptors (Lipinski definition) is 3. The monoisotopic (exact) mass is 166 g/mol. The summed E-state index contributed by atoms with van der Waals surface area (Å²) in [5.41, 5.74) is 0. The Bertz CT molecular complexity index is 229. The second-order valence-electron chi connectivity index (χ2n) is 3.05. The van der Waals surface area contributed by atoms with Gasteiger partial charge >= 0.3 is 0 Å². The Kier molecular flexibility index (Phi) is 1.87. The highest BCUT2D eigenvalue weighted by Gasteiger charge is 2.31. The van der Waals surface area contributed by atoms with Gasteiger partial charge in [0, 0.05) is 5.25 Å². The van der Waals surface area contributed by atoms with Crippen LogP contribution in [-0.2, 0) is 0 Å². The fraction of sp³-hybridized carbons (Fsp3) is 0.750. The van der Waals surface area contributed by atoms with Crippen LogP contribution in [0.4, 0.5) is 0 Å². The van der Waals surface area contributed by atoms with Gasteiger partial charge in [-0.2, -0.15) is 5.26 Å². The Morgan fingerprint density at radius 1 is 1.45 bits per heavy atom. The minimum Gasteiger partial charge on any atom is -0.264 e. The maximum absolute atomic E-state index is 8.61. The van der Waals surface area contributed by atoms with Crippen molar-refractivity contribution in [2.45, 2.75) is 37.0 Å². The molecule has 1 saturated carbocycles. The molecule has 0 N–H and O–H groups in total. The van der Waals surface area contributed by atoms with Gasteiger partial charge in [-0.25, -0.2) is 0 Å². The molecule has 2 nitrogen and oxygen atoms in total. The van der Waals surface area contributed by atoms with E-state index in [1.807, 2.05) is 0 Å². The molecule has 0 amide bonds. The molecule has 2 aliphatic rings. The molecule has 58 valence electrons. The van der Waals surface area contributed by atoms with Crippen LogP contribution < -0.4 is 0 Å². The number of nitriles is 1. The van der Waals surface area contributed by atoms with Crippen molar-refractivity contribution in [1.82, 2.24) is 0 Å². The Balaban J connectivity index is 2.09. The lowest BCUT2D eigenvalue weighted by Crippen LogP contribution is -2.21. The quantitative estimate of drug-likeness (QED) is 0.551. The van der Waals surface area contributed by atoms with Crippen LogP contribution in [0, 0.1) is 11.3 Å². The molecule has 2 rings (SSSR count). The molecule has 11 heavy (non-hydrogen) atoms. The normalized spacial score (nSPS) is 35.7. The summed E-state index contributed by atoms with van der Waals surface area (Å²) in [5.74, 6) is 0. The predicted molar refractivity (Wildman–Crippen MR) is 46.7 cm³/mol. The lowest BCUT2D eigenvalue weighted by molar-refractivity contribution is 0.462. The van der Waals surface area contributed by atoms with E-state index in [2.05, 4.69) is 11.1 Å². The molecule has 0 saturated heterocycles. The third kappa shape index (κ3) is 1.28. The Morgan fingerprint density at radius 3 is 3.00 bits per heavy atom. The highest BCUT2D eigenvalue weighted by atomic mass is 32.2. The van der Waals surface area contributed by atoms with E-state index < -0.39 is 0 Å². The zero-order chi connectivity index (χ0) is 7.68. The lowest BCUT2D eigenvalue weighted by Gasteiger charge is -2.21. The van der Waals surface area contributed by atoms with Crippen molar-refractivity contribution in [3.8, 4) is 6.07 Å². The maximum atomic E-state index is 8.61. The SMILES string of the molecule is N#CC1=N[C@H]2CCCC[C@H]2S1. The summed E-state index contributed by atoms with van der Waals surface area (Å²) in [7, 11) is 0. The number of aliphatic imine (C=N–C) groups is 1. The molecule has 2 atom stereocenters. The van der Waals surface area contributed by atoms with Gasteiger partial charge in [0.1, 0.15) is 6.07 Å². The molecule has 0 bridgehead atoms. The third-order valence-electron chi connectivity index (χ3n) is 2.31. The van der Waals surface area contributed by atoms with E-state index >= 15 is 0 Å². The van der Waals surface area contributed by atoms with Crippen LogP contribution in [-0.4, -0.2) is 16.3 Å². The fourth-order valence-electron chi connectivity index (χ4n) is 1.74. The van der Waals surface area contributed by atoms with Crippen LogP contribution in [0.1, 0.15) is 25.7 Å². The van der Waals surface area contributed by atoms with Gasteiger partial charge in [-0.1, -0.05) is 24.6 Å². The maximum Gasteiger partial charge on any atom is 0.169 e. The Morgan fingerprint density at radius 2 is 2.27 bits per heavy atom. The summed E-state index contributed by atoms with van der Waals surface area (Å²) in [6.45, 7) is 0. The first kappa shape index (κ1) is 7.17. The number of rotatable bonds is 0. The smallest absolute Gasteiger partial charge is 0.169 e. The molecule has 0 radical (unpaired) electrons. The largest absolute Gasteiger partial charge is 0.264 e. The van der Waals surface area contributed by atoms with Crippen molar-refractivity contribution < 1.29 is 0 Å². The second-order valence-corrected chi connectivity index (χ2v) is 4.28. The second kappa shape index (κ2) is 2.86. The van der Waals surface area contributed by atoms with E-state index in [9.17, 15) is 0 Å². The first-order valence-electron chi connectivity index (χ1n) is 4.05. The van der Waals surface area contributed by atoms with Crippen molar-refractivity contribution in [2.75, 3.05) is 0 Å². The van der Waals surface area contributed by atoms with Crippen molar-refractivity contribution in [3.05, 3.63) is 0 Å². The Hall–Kier alpha value is -0.490. The van der Waals surface area contributed by atoms with Crippen LogP contribution in [0.25, 0.3) is 0 Å². The summed E-state index contributed by atoms with van der Waals surface area (Å²) in [6.07, 6.45) is 5.07. The molecule has 3 heteroatoms. The average Bonchev–Trinajstić information content (AvgIpc) is 2.46. The van der Waals surface area contributed by atoms with Gasteiger partial charge in [-0.05, 0) is 12.8 Å². The summed E-state index contributed by atoms with van der Waals surface area (Å²) in [5, 5.41) is 9.96. The van der Waals surface area contributed by atoms with Gasteiger partial charge in [0.2, 0.25) is 0 Å². The van der Waals surface area contributed by atoms with Crippen molar-refractivity contribution in [3.63, 3.8) is 0 Å². The van der Waals surface area contributed by atoms with Crippen LogP contribution in [0.2, 0.25) is 0 Å². The highest BCUT2D eigenvalue weighted by molar-refractivity contribution is 8.15. The van der Waals surface area contributed by atoms with E-state index in [4.69, 9.17) is 5.26 Å². The topological polar surface area (TPSA) is 36.1 Å². The molecular formula is C8H10N2S. The fourth-order valence-corrected chi connectivity index (χ4v) is 2.92. The minimum atomic E-state index is 0.475. The highest BCUT2D eigenvalue weighted by Crippen LogP contribution is 2.36. The average molecular weight is 166 g/mol. The van der Waals surface area contributed by atoms with Crippen LogP contribution in [0.3, 0.4) is 0 Å². The molecule has 0 unspecified atom stereocenters. The zero-order valence-electron chi connectivity index (χ0n) is 6.29. The predicted octanol–water partition coefficient (Wildman–Crippen LogP) is 1.97. The van der Waals surface area contributed by atoms with E-state index in [0.717, 1.165) is 0 Å². The van der Waals surface area contributed by atoms with Crippen LogP contribution in [0.15, 0.2) is 4.99 Å². The number of hydrogen-bond donors (Lipinski definition) is 0. The van der Waals surface area contributed by atoms with Gasteiger partial charge in [0.05, 0.1) is 6.04 Å². The summed E-state index contributed by atoms with van der Waals surface area (Å²) < 4.78 is 0. The first-order chi connectivity index (χ1) is 5.40. The first-order valence-corrected chi connectivity index (χ1v) is 4.92. The molecule has 1 fully saturated rings. The molecule has 1 aliphatic heterocycles. The third-order valence-corrected chi connectivity index (χ3v) is 3.58. The summed E-state index contributed by atoms with van der Waals surface area (Å²) in [6, 6.07) is 2.61. The minimum absolute atomic E-state index is 0.475. The summed E-state index contributed by atoms with van der Waals surface area (Å²) in [4.78, 5) is 4.35. The van der Waals surface area contributed by atoms with E-state index in [0.29, 0.717) is 16.3 Å². The van der Waals surface area contributed by atoms with Gasteiger partial charge in [0.15, 0.2) is 5.04 Å². The standard InChI is InChI=1S/C8H10N2S/c9-5-8-10-6-3-1-2-4-7(6)11-8/h6-7H,1-4H2/t6-,7+/m0/s1. The molecule has 1 aliphatic carbocycles. The van der Waals surface area contributed by atoms with Gasteiger partial charge < -0.3 is 0 Å². The van der Waals surface area contributed by atoms with Gasteiger partial charge in [0.25, 0.3) is 0 Å². The number of thioether (sulfide) groups is 1. The number of nitrogens with zero attached hydrogens (tertiary/aromatic N) is 2. The van der Waals surface area contributed by atoms with Crippen LogP contribution in [0.5, 0.6) is 0 Å². The lowest BCUT2D eigenvalue weighted by atomic mass is 9.95. The van der Waals surface area contributed by atoms with E-state index in [1.165, 1.54) is 25.7 Å². The molecule has 1 heterocycles. The summed E-state index contributed by atoms with van der Waals surface area (Å²) >= 11 is 1.68. The molecular weight excluding hydrogens is 156 g/mol. The van der Waals surface area contributed by atoms with Gasteiger partial charge in [-0.15, -0.1) is 0 Å². The molecule has 0 aromatic carbocycles. The zero-order valence-corrected chi connectivity index (χ0v) is 7.10.